The van der Waals surface area contributed by atoms with E-state index in [1.54, 1.807) is 22.2 Å². The van der Waals surface area contributed by atoms with E-state index in [1.165, 1.54) is 16.7 Å². The van der Waals surface area contributed by atoms with Gasteiger partial charge in [0.05, 0.1) is 5.69 Å². The highest BCUT2D eigenvalue weighted by atomic mass is 32.1. The molecule has 4 aromatic rings. The Bertz CT molecular complexity index is 1250. The quantitative estimate of drug-likeness (QED) is 0.356. The molecule has 6 nitrogen and oxygen atoms in total. The molecule has 33 heavy (non-hydrogen) atoms. The van der Waals surface area contributed by atoms with E-state index in [2.05, 4.69) is 56.5 Å². The van der Waals surface area contributed by atoms with Crippen molar-refractivity contribution in [1.29, 1.82) is 0 Å². The summed E-state index contributed by atoms with van der Waals surface area (Å²) in [6, 6.07) is 12.8. The summed E-state index contributed by atoms with van der Waals surface area (Å²) in [4.78, 5) is 16.2. The summed E-state index contributed by atoms with van der Waals surface area (Å²) in [5.74, 6) is -0.903. The summed E-state index contributed by atoms with van der Waals surface area (Å²) in [6.07, 6.45) is 6.88. The third kappa shape index (κ3) is 4.60. The molecule has 7 heteroatoms. The monoisotopic (exact) mass is 458 g/mol. The van der Waals surface area contributed by atoms with E-state index in [-0.39, 0.29) is 0 Å². The Balaban J connectivity index is 1.14. The molecule has 0 radical (unpaired) electrons. The Morgan fingerprint density at radius 1 is 1.09 bits per heavy atom. The van der Waals surface area contributed by atoms with Crippen LogP contribution in [0.25, 0.3) is 22.4 Å². The van der Waals surface area contributed by atoms with Crippen LogP contribution in [-0.2, 0) is 25.8 Å². The molecule has 1 aromatic carbocycles. The molecule has 0 fully saturated rings. The second kappa shape index (κ2) is 9.68. The number of aromatic carboxylic acids is 1. The van der Waals surface area contributed by atoms with Crippen molar-refractivity contribution in [1.82, 2.24) is 20.1 Å². The normalized spacial score (nSPS) is 12.4. The third-order valence-corrected chi connectivity index (χ3v) is 6.86. The molecule has 1 aliphatic carbocycles. The molecule has 0 atom stereocenters. The first kappa shape index (κ1) is 21.6. The number of nitrogens with one attached hydrogen (secondary N) is 1. The van der Waals surface area contributed by atoms with Crippen LogP contribution < -0.4 is 5.32 Å². The van der Waals surface area contributed by atoms with Gasteiger partial charge in [-0.05, 0) is 83.9 Å². The summed E-state index contributed by atoms with van der Waals surface area (Å²) in [5, 5.41) is 22.2. The maximum Gasteiger partial charge on any atom is 0.354 e. The van der Waals surface area contributed by atoms with Crippen LogP contribution in [0.5, 0.6) is 0 Å². The maximum atomic E-state index is 12.0. The molecule has 3 heterocycles. The van der Waals surface area contributed by atoms with Crippen LogP contribution in [0.4, 0.5) is 0 Å². The molecule has 0 unspecified atom stereocenters. The SMILES string of the molecule is O=C(O)c1c2c(nn1CCCNCCc1ccc(-c3ccsc3)cc1)-c1ccncc1CC2. The van der Waals surface area contributed by atoms with E-state index < -0.39 is 5.97 Å². The van der Waals surface area contributed by atoms with Crippen LogP contribution in [0.3, 0.4) is 0 Å². The number of rotatable bonds is 9. The average molecular weight is 459 g/mol. The standard InChI is InChI=1S/C26H26N4O2S/c31-26(32)25-23-7-6-20-16-28-13-9-22(20)24(23)29-30(25)14-1-11-27-12-8-18-2-4-19(5-3-18)21-10-15-33-17-21/h2-5,9-10,13,15-17,27H,1,6-8,11-12,14H2,(H,31,32). The molecule has 0 saturated heterocycles. The first-order valence-corrected chi connectivity index (χ1v) is 12.2. The fraction of sp³-hybridized carbons (Fsp3) is 0.269. The van der Waals surface area contributed by atoms with Gasteiger partial charge in [-0.3, -0.25) is 9.67 Å². The van der Waals surface area contributed by atoms with Crippen molar-refractivity contribution in [2.75, 3.05) is 13.1 Å². The van der Waals surface area contributed by atoms with Crippen LogP contribution >= 0.6 is 11.3 Å². The number of benzene rings is 1. The molecule has 168 valence electrons. The summed E-state index contributed by atoms with van der Waals surface area (Å²) < 4.78 is 1.67. The summed E-state index contributed by atoms with van der Waals surface area (Å²) in [7, 11) is 0. The Kier molecular flexibility index (Phi) is 6.32. The number of aromatic nitrogens is 3. The molecule has 0 amide bonds. The van der Waals surface area contributed by atoms with Gasteiger partial charge in [0.2, 0.25) is 0 Å². The first-order chi connectivity index (χ1) is 16.2. The highest BCUT2D eigenvalue weighted by Gasteiger charge is 2.27. The fourth-order valence-corrected chi connectivity index (χ4v) is 5.14. The number of aryl methyl sites for hydroxylation is 2. The molecular weight excluding hydrogens is 432 g/mol. The highest BCUT2D eigenvalue weighted by Crippen LogP contribution is 2.34. The lowest BCUT2D eigenvalue weighted by molar-refractivity contribution is 0.0681. The number of nitrogens with zero attached hydrogens (tertiary/aromatic N) is 3. The van der Waals surface area contributed by atoms with Crippen molar-refractivity contribution >= 4 is 17.3 Å². The molecule has 0 spiro atoms. The Morgan fingerprint density at radius 3 is 2.76 bits per heavy atom. The largest absolute Gasteiger partial charge is 0.477 e. The molecular formula is C26H26N4O2S. The summed E-state index contributed by atoms with van der Waals surface area (Å²) in [5.41, 5.74) is 7.96. The van der Waals surface area contributed by atoms with Gasteiger partial charge in [-0.2, -0.15) is 16.4 Å². The lowest BCUT2D eigenvalue weighted by Gasteiger charge is -2.14. The Morgan fingerprint density at radius 2 is 1.97 bits per heavy atom. The van der Waals surface area contributed by atoms with E-state index >= 15 is 0 Å². The van der Waals surface area contributed by atoms with Crippen LogP contribution in [0.15, 0.2) is 59.6 Å². The van der Waals surface area contributed by atoms with Gasteiger partial charge in [0.15, 0.2) is 0 Å². The van der Waals surface area contributed by atoms with Gasteiger partial charge in [0, 0.05) is 30.1 Å². The first-order valence-electron chi connectivity index (χ1n) is 11.3. The number of fused-ring (bicyclic) bond motifs is 3. The average Bonchev–Trinajstić information content (AvgIpc) is 3.50. The molecule has 0 saturated carbocycles. The van der Waals surface area contributed by atoms with Gasteiger partial charge >= 0.3 is 5.97 Å². The van der Waals surface area contributed by atoms with Crippen molar-refractivity contribution in [2.45, 2.75) is 32.2 Å². The number of thiophene rings is 1. The van der Waals surface area contributed by atoms with E-state index in [4.69, 9.17) is 0 Å². The van der Waals surface area contributed by atoms with Crippen molar-refractivity contribution in [3.63, 3.8) is 0 Å². The molecule has 0 aliphatic heterocycles. The number of carboxylic acid groups (broad SMARTS) is 1. The van der Waals surface area contributed by atoms with Gasteiger partial charge in [-0.25, -0.2) is 4.79 Å². The topological polar surface area (TPSA) is 80.0 Å². The van der Waals surface area contributed by atoms with Crippen molar-refractivity contribution in [2.24, 2.45) is 0 Å². The number of carboxylic acids is 1. The molecule has 3 aromatic heterocycles. The van der Waals surface area contributed by atoms with E-state index in [0.29, 0.717) is 18.7 Å². The fourth-order valence-electron chi connectivity index (χ4n) is 4.47. The number of hydrogen-bond acceptors (Lipinski definition) is 5. The number of pyridine rings is 1. The van der Waals surface area contributed by atoms with E-state index in [0.717, 1.165) is 54.7 Å². The van der Waals surface area contributed by atoms with Crippen LogP contribution in [0.2, 0.25) is 0 Å². The minimum atomic E-state index is -0.903. The van der Waals surface area contributed by atoms with Crippen LogP contribution in [0.1, 0.15) is 33.6 Å². The Labute approximate surface area is 196 Å². The molecule has 1 aliphatic rings. The molecule has 5 rings (SSSR count). The van der Waals surface area contributed by atoms with Crippen molar-refractivity contribution in [3.05, 3.63) is 81.9 Å². The van der Waals surface area contributed by atoms with Crippen molar-refractivity contribution in [3.8, 4) is 22.4 Å². The maximum absolute atomic E-state index is 12.0. The van der Waals surface area contributed by atoms with Crippen molar-refractivity contribution < 1.29 is 9.90 Å². The second-order valence-corrected chi connectivity index (χ2v) is 9.08. The summed E-state index contributed by atoms with van der Waals surface area (Å²) in [6.45, 7) is 2.29. The van der Waals surface area contributed by atoms with Gasteiger partial charge in [0.25, 0.3) is 0 Å². The highest BCUT2D eigenvalue weighted by molar-refractivity contribution is 7.08. The second-order valence-electron chi connectivity index (χ2n) is 8.30. The lowest BCUT2D eigenvalue weighted by atomic mass is 9.90. The van der Waals surface area contributed by atoms with Gasteiger partial charge in [-0.15, -0.1) is 0 Å². The Hall–Kier alpha value is -3.29. The molecule has 0 bridgehead atoms. The summed E-state index contributed by atoms with van der Waals surface area (Å²) >= 11 is 1.71. The van der Waals surface area contributed by atoms with Gasteiger partial charge in [-0.1, -0.05) is 24.3 Å². The van der Waals surface area contributed by atoms with Gasteiger partial charge in [0.1, 0.15) is 5.69 Å². The number of carbonyl (C=O) groups is 1. The molecule has 2 N–H and O–H groups in total. The van der Waals surface area contributed by atoms with Gasteiger partial charge < -0.3 is 10.4 Å². The smallest absolute Gasteiger partial charge is 0.354 e. The third-order valence-electron chi connectivity index (χ3n) is 6.18. The van der Waals surface area contributed by atoms with Crippen LogP contribution in [-0.4, -0.2) is 38.9 Å². The minimum Gasteiger partial charge on any atom is -0.477 e. The minimum absolute atomic E-state index is 0.332. The van der Waals surface area contributed by atoms with E-state index in [1.807, 2.05) is 12.3 Å². The zero-order valence-electron chi connectivity index (χ0n) is 18.3. The predicted molar refractivity (Wildman–Crippen MR) is 131 cm³/mol. The zero-order valence-corrected chi connectivity index (χ0v) is 19.1. The number of hydrogen-bond donors (Lipinski definition) is 2. The predicted octanol–water partition coefficient (Wildman–Crippen LogP) is 4.69. The van der Waals surface area contributed by atoms with E-state index in [9.17, 15) is 9.90 Å². The lowest BCUT2D eigenvalue weighted by Crippen LogP contribution is -2.21. The van der Waals surface area contributed by atoms with Crippen LogP contribution in [0, 0.1) is 0 Å². The zero-order chi connectivity index (χ0) is 22.6.